The lowest BCUT2D eigenvalue weighted by Gasteiger charge is -2.61. The van der Waals surface area contributed by atoms with E-state index < -0.39 is 5.60 Å². The van der Waals surface area contributed by atoms with Gasteiger partial charge in [-0.15, -0.1) is 0 Å². The molecule has 4 saturated carbocycles. The van der Waals surface area contributed by atoms with Crippen molar-refractivity contribution in [2.24, 2.45) is 46.3 Å². The highest BCUT2D eigenvalue weighted by atomic mass is 16.3. The minimum atomic E-state index is -0.895. The standard InChI is InChI=1S/C27H48O2/c1-19(8-7-15-25(2,29)18-28)22-12-13-23-21-11-10-20-9-5-6-16-26(20,3)24(21)14-17-27(22,23)4/h19-24,28-29H,5-18H2,1-4H3. The van der Waals surface area contributed by atoms with Gasteiger partial charge < -0.3 is 10.2 Å². The molecule has 4 fully saturated rings. The molecule has 2 heteroatoms. The number of aliphatic hydroxyl groups is 2. The molecule has 2 nitrogen and oxygen atoms in total. The third-order valence-electron chi connectivity index (χ3n) is 11.1. The van der Waals surface area contributed by atoms with Gasteiger partial charge in [-0.2, -0.15) is 0 Å². The van der Waals surface area contributed by atoms with Crippen molar-refractivity contribution >= 4 is 0 Å². The zero-order chi connectivity index (χ0) is 20.9. The van der Waals surface area contributed by atoms with Crippen LogP contribution < -0.4 is 0 Å². The van der Waals surface area contributed by atoms with Crippen molar-refractivity contribution in [2.75, 3.05) is 6.61 Å². The molecule has 0 aliphatic heterocycles. The topological polar surface area (TPSA) is 40.5 Å². The van der Waals surface area contributed by atoms with E-state index in [9.17, 15) is 10.2 Å². The van der Waals surface area contributed by atoms with Crippen LogP contribution in [-0.4, -0.2) is 22.4 Å². The first-order valence-electron chi connectivity index (χ1n) is 13.0. The van der Waals surface area contributed by atoms with Crippen molar-refractivity contribution in [2.45, 2.75) is 117 Å². The first-order chi connectivity index (χ1) is 13.7. The molecular weight excluding hydrogens is 356 g/mol. The third-order valence-corrected chi connectivity index (χ3v) is 11.1. The van der Waals surface area contributed by atoms with Crippen LogP contribution in [0.25, 0.3) is 0 Å². The number of rotatable bonds is 6. The van der Waals surface area contributed by atoms with Gasteiger partial charge in [0.2, 0.25) is 0 Å². The summed E-state index contributed by atoms with van der Waals surface area (Å²) in [6, 6.07) is 0. The van der Waals surface area contributed by atoms with Gasteiger partial charge in [0.25, 0.3) is 0 Å². The molecule has 0 aromatic rings. The van der Waals surface area contributed by atoms with Crippen molar-refractivity contribution in [3.05, 3.63) is 0 Å². The summed E-state index contributed by atoms with van der Waals surface area (Å²) in [5, 5.41) is 19.5. The highest BCUT2D eigenvalue weighted by molar-refractivity contribution is 5.09. The fourth-order valence-electron chi connectivity index (χ4n) is 9.36. The van der Waals surface area contributed by atoms with Crippen LogP contribution in [0.4, 0.5) is 0 Å². The van der Waals surface area contributed by atoms with Crippen molar-refractivity contribution in [3.8, 4) is 0 Å². The average Bonchev–Trinajstić information content (AvgIpc) is 3.04. The summed E-state index contributed by atoms with van der Waals surface area (Å²) >= 11 is 0. The molecule has 0 amide bonds. The lowest BCUT2D eigenvalue weighted by atomic mass is 9.44. The number of fused-ring (bicyclic) bond motifs is 5. The van der Waals surface area contributed by atoms with E-state index in [1.807, 2.05) is 0 Å². The Morgan fingerprint density at radius 2 is 1.69 bits per heavy atom. The molecule has 4 aliphatic carbocycles. The number of hydrogen-bond acceptors (Lipinski definition) is 2. The summed E-state index contributed by atoms with van der Waals surface area (Å²) in [7, 11) is 0. The summed E-state index contributed by atoms with van der Waals surface area (Å²) in [5.74, 6) is 5.61. The Kier molecular flexibility index (Phi) is 6.19. The molecule has 2 N–H and O–H groups in total. The smallest absolute Gasteiger partial charge is 0.0849 e. The number of aliphatic hydroxyl groups excluding tert-OH is 1. The second-order valence-electron chi connectivity index (χ2n) is 12.7. The van der Waals surface area contributed by atoms with Gasteiger partial charge in [-0.3, -0.25) is 0 Å². The molecule has 4 rings (SSSR count). The van der Waals surface area contributed by atoms with E-state index in [0.29, 0.717) is 10.8 Å². The molecule has 0 heterocycles. The fraction of sp³-hybridized carbons (Fsp3) is 1.00. The summed E-state index contributed by atoms with van der Waals surface area (Å²) in [6.07, 6.45) is 17.9. The van der Waals surface area contributed by atoms with Crippen LogP contribution in [0.2, 0.25) is 0 Å². The SMILES string of the molecule is CC(CCCC(C)(O)CO)C1CCC2C3CCC4CCCCC4(C)C3CCC12C. The summed E-state index contributed by atoms with van der Waals surface area (Å²) in [6.45, 7) is 9.50. The molecule has 0 radical (unpaired) electrons. The fourth-order valence-corrected chi connectivity index (χ4v) is 9.36. The minimum Gasteiger partial charge on any atom is -0.393 e. The predicted octanol–water partition coefficient (Wildman–Crippen LogP) is 6.59. The van der Waals surface area contributed by atoms with E-state index in [1.165, 1.54) is 70.6 Å². The van der Waals surface area contributed by atoms with Crippen LogP contribution in [0.1, 0.15) is 111 Å². The van der Waals surface area contributed by atoms with Gasteiger partial charge in [0, 0.05) is 0 Å². The first kappa shape index (κ1) is 22.1. The van der Waals surface area contributed by atoms with Gasteiger partial charge in [0.05, 0.1) is 12.2 Å². The van der Waals surface area contributed by atoms with Crippen molar-refractivity contribution in [1.29, 1.82) is 0 Å². The van der Waals surface area contributed by atoms with Gasteiger partial charge in [-0.05, 0) is 111 Å². The zero-order valence-electron chi connectivity index (χ0n) is 19.8. The van der Waals surface area contributed by atoms with Crippen LogP contribution >= 0.6 is 0 Å². The summed E-state index contributed by atoms with van der Waals surface area (Å²) in [4.78, 5) is 0. The Morgan fingerprint density at radius 1 is 0.931 bits per heavy atom. The molecule has 9 atom stereocenters. The van der Waals surface area contributed by atoms with Gasteiger partial charge in [-0.1, -0.05) is 46.5 Å². The molecule has 0 bridgehead atoms. The lowest BCUT2D eigenvalue weighted by Crippen LogP contribution is -2.53. The number of hydrogen-bond donors (Lipinski definition) is 2. The molecule has 0 aromatic carbocycles. The molecule has 9 unspecified atom stereocenters. The van der Waals surface area contributed by atoms with E-state index in [-0.39, 0.29) is 6.61 Å². The Bertz CT molecular complexity index is 571. The van der Waals surface area contributed by atoms with Crippen molar-refractivity contribution in [3.63, 3.8) is 0 Å². The van der Waals surface area contributed by atoms with Crippen LogP contribution in [-0.2, 0) is 0 Å². The third kappa shape index (κ3) is 3.84. The van der Waals surface area contributed by atoms with E-state index >= 15 is 0 Å². The Labute approximate surface area is 180 Å². The molecule has 29 heavy (non-hydrogen) atoms. The second kappa shape index (κ2) is 8.12. The molecule has 0 saturated heterocycles. The van der Waals surface area contributed by atoms with E-state index in [4.69, 9.17) is 0 Å². The minimum absolute atomic E-state index is 0.118. The Balaban J connectivity index is 1.42. The molecule has 168 valence electrons. The maximum atomic E-state index is 10.1. The zero-order valence-corrected chi connectivity index (χ0v) is 19.8. The van der Waals surface area contributed by atoms with Gasteiger partial charge in [0.1, 0.15) is 0 Å². The molecule has 4 aliphatic rings. The largest absolute Gasteiger partial charge is 0.393 e. The highest BCUT2D eigenvalue weighted by Crippen LogP contribution is 2.68. The van der Waals surface area contributed by atoms with Crippen molar-refractivity contribution < 1.29 is 10.2 Å². The normalized spacial score (nSPS) is 47.6. The highest BCUT2D eigenvalue weighted by Gasteiger charge is 2.60. The quantitative estimate of drug-likeness (QED) is 0.524. The Hall–Kier alpha value is -0.0800. The van der Waals surface area contributed by atoms with Crippen molar-refractivity contribution in [1.82, 2.24) is 0 Å². The van der Waals surface area contributed by atoms with Gasteiger partial charge >= 0.3 is 0 Å². The monoisotopic (exact) mass is 404 g/mol. The van der Waals surface area contributed by atoms with E-state index in [1.54, 1.807) is 6.92 Å². The molecular formula is C27H48O2. The van der Waals surface area contributed by atoms with Gasteiger partial charge in [-0.25, -0.2) is 0 Å². The summed E-state index contributed by atoms with van der Waals surface area (Å²) < 4.78 is 0. The molecule has 0 spiro atoms. The maximum Gasteiger partial charge on any atom is 0.0849 e. The summed E-state index contributed by atoms with van der Waals surface area (Å²) in [5.41, 5.74) is 0.313. The molecule has 0 aromatic heterocycles. The van der Waals surface area contributed by atoms with Crippen LogP contribution in [0.5, 0.6) is 0 Å². The van der Waals surface area contributed by atoms with Crippen LogP contribution in [0.3, 0.4) is 0 Å². The van der Waals surface area contributed by atoms with Crippen LogP contribution in [0.15, 0.2) is 0 Å². The maximum absolute atomic E-state index is 10.1. The van der Waals surface area contributed by atoms with E-state index in [2.05, 4.69) is 20.8 Å². The van der Waals surface area contributed by atoms with E-state index in [0.717, 1.165) is 48.3 Å². The van der Waals surface area contributed by atoms with Crippen LogP contribution in [0, 0.1) is 46.3 Å². The predicted molar refractivity (Wildman–Crippen MR) is 121 cm³/mol. The second-order valence-corrected chi connectivity index (χ2v) is 12.7. The lowest BCUT2D eigenvalue weighted by molar-refractivity contribution is -0.114. The average molecular weight is 405 g/mol. The van der Waals surface area contributed by atoms with Gasteiger partial charge in [0.15, 0.2) is 0 Å². The Morgan fingerprint density at radius 3 is 2.45 bits per heavy atom. The first-order valence-corrected chi connectivity index (χ1v) is 13.0.